The normalized spacial score (nSPS) is 30.5. The number of hydrogen-bond donors (Lipinski definition) is 0. The third-order valence-electron chi connectivity index (χ3n) is 7.10. The van der Waals surface area contributed by atoms with Crippen LogP contribution in [0.15, 0.2) is 30.3 Å². The third-order valence-corrected chi connectivity index (χ3v) is 7.10. The molecule has 0 spiro atoms. The first-order chi connectivity index (χ1) is 12.8. The molecule has 2 heterocycles. The van der Waals surface area contributed by atoms with Gasteiger partial charge < -0.3 is 4.90 Å². The fourth-order valence-electron chi connectivity index (χ4n) is 5.48. The number of piperazine rings is 1. The molecule has 1 saturated carbocycles. The van der Waals surface area contributed by atoms with Crippen molar-refractivity contribution in [1.29, 1.82) is 0 Å². The van der Waals surface area contributed by atoms with Crippen LogP contribution in [-0.2, 0) is 6.54 Å². The SMILES string of the molecule is C[C@H]1CCC[C@H](N2CCC(N3CCN(Cc4ccccc4)CC3)CC2)C1. The van der Waals surface area contributed by atoms with Gasteiger partial charge in [-0.15, -0.1) is 0 Å². The van der Waals surface area contributed by atoms with Crippen molar-refractivity contribution in [3.05, 3.63) is 35.9 Å². The van der Waals surface area contributed by atoms with E-state index in [4.69, 9.17) is 0 Å². The zero-order valence-electron chi connectivity index (χ0n) is 16.7. The van der Waals surface area contributed by atoms with E-state index in [1.54, 1.807) is 0 Å². The quantitative estimate of drug-likeness (QED) is 0.812. The molecule has 144 valence electrons. The summed E-state index contributed by atoms with van der Waals surface area (Å²) in [5.41, 5.74) is 1.45. The van der Waals surface area contributed by atoms with Crippen LogP contribution in [0.1, 0.15) is 51.0 Å². The molecule has 3 fully saturated rings. The molecular weight excluding hydrogens is 318 g/mol. The molecule has 3 heteroatoms. The smallest absolute Gasteiger partial charge is 0.0234 e. The largest absolute Gasteiger partial charge is 0.300 e. The molecule has 0 bridgehead atoms. The molecule has 0 N–H and O–H groups in total. The molecule has 0 aromatic heterocycles. The van der Waals surface area contributed by atoms with Gasteiger partial charge in [0.1, 0.15) is 0 Å². The summed E-state index contributed by atoms with van der Waals surface area (Å²) >= 11 is 0. The lowest BCUT2D eigenvalue weighted by molar-refractivity contribution is 0.0357. The number of rotatable bonds is 4. The number of nitrogens with zero attached hydrogens (tertiary/aromatic N) is 3. The van der Waals surface area contributed by atoms with Crippen molar-refractivity contribution in [2.24, 2.45) is 5.92 Å². The summed E-state index contributed by atoms with van der Waals surface area (Å²) in [6.45, 7) is 11.2. The van der Waals surface area contributed by atoms with Gasteiger partial charge in [-0.05, 0) is 50.3 Å². The van der Waals surface area contributed by atoms with Gasteiger partial charge in [-0.3, -0.25) is 9.80 Å². The van der Waals surface area contributed by atoms with E-state index in [2.05, 4.69) is 52.0 Å². The maximum Gasteiger partial charge on any atom is 0.0234 e. The molecule has 0 radical (unpaired) electrons. The molecule has 26 heavy (non-hydrogen) atoms. The second-order valence-corrected chi connectivity index (χ2v) is 8.99. The summed E-state index contributed by atoms with van der Waals surface area (Å²) in [5, 5.41) is 0. The van der Waals surface area contributed by atoms with Crippen molar-refractivity contribution in [3.63, 3.8) is 0 Å². The highest BCUT2D eigenvalue weighted by Gasteiger charge is 2.31. The van der Waals surface area contributed by atoms with E-state index in [1.807, 2.05) is 0 Å². The Morgan fingerprint density at radius 2 is 1.46 bits per heavy atom. The third kappa shape index (κ3) is 4.68. The van der Waals surface area contributed by atoms with E-state index in [-0.39, 0.29) is 0 Å². The molecule has 2 aliphatic heterocycles. The summed E-state index contributed by atoms with van der Waals surface area (Å²) in [6, 6.07) is 12.7. The Balaban J connectivity index is 1.20. The second-order valence-electron chi connectivity index (χ2n) is 8.99. The molecule has 4 rings (SSSR count). The fourth-order valence-corrected chi connectivity index (χ4v) is 5.48. The van der Waals surface area contributed by atoms with Crippen molar-refractivity contribution in [1.82, 2.24) is 14.7 Å². The van der Waals surface area contributed by atoms with Crippen molar-refractivity contribution >= 4 is 0 Å². The second kappa shape index (κ2) is 8.86. The Morgan fingerprint density at radius 1 is 0.769 bits per heavy atom. The van der Waals surface area contributed by atoms with Gasteiger partial charge in [-0.25, -0.2) is 0 Å². The highest BCUT2D eigenvalue weighted by Crippen LogP contribution is 2.30. The van der Waals surface area contributed by atoms with Gasteiger partial charge in [0.15, 0.2) is 0 Å². The molecule has 1 aromatic rings. The van der Waals surface area contributed by atoms with Crippen LogP contribution < -0.4 is 0 Å². The topological polar surface area (TPSA) is 9.72 Å². The van der Waals surface area contributed by atoms with Crippen molar-refractivity contribution in [3.8, 4) is 0 Å². The van der Waals surface area contributed by atoms with Crippen LogP contribution >= 0.6 is 0 Å². The molecule has 1 aromatic carbocycles. The van der Waals surface area contributed by atoms with Gasteiger partial charge in [0.2, 0.25) is 0 Å². The van der Waals surface area contributed by atoms with Crippen LogP contribution in [0.5, 0.6) is 0 Å². The zero-order valence-corrected chi connectivity index (χ0v) is 16.7. The maximum atomic E-state index is 2.83. The van der Waals surface area contributed by atoms with Crippen molar-refractivity contribution < 1.29 is 0 Å². The van der Waals surface area contributed by atoms with Crippen molar-refractivity contribution in [2.45, 2.75) is 64.1 Å². The molecule has 1 aliphatic carbocycles. The average Bonchev–Trinajstić information content (AvgIpc) is 2.70. The van der Waals surface area contributed by atoms with E-state index in [1.165, 1.54) is 83.4 Å². The monoisotopic (exact) mass is 355 g/mol. The Hall–Kier alpha value is -0.900. The summed E-state index contributed by atoms with van der Waals surface area (Å²) in [6.07, 6.45) is 8.60. The number of benzene rings is 1. The standard InChI is InChI=1S/C23H37N3/c1-20-6-5-9-23(18-20)25-12-10-22(11-13-25)26-16-14-24(15-17-26)19-21-7-3-2-4-8-21/h2-4,7-8,20,22-23H,5-6,9-19H2,1H3/t20-,23-/m0/s1. The van der Waals surface area contributed by atoms with E-state index in [0.717, 1.165) is 24.5 Å². The highest BCUT2D eigenvalue weighted by atomic mass is 15.3. The van der Waals surface area contributed by atoms with Gasteiger partial charge in [0.25, 0.3) is 0 Å². The first kappa shape index (κ1) is 18.5. The van der Waals surface area contributed by atoms with Crippen LogP contribution in [0.2, 0.25) is 0 Å². The van der Waals surface area contributed by atoms with Crippen LogP contribution in [0.25, 0.3) is 0 Å². The average molecular weight is 356 g/mol. The highest BCUT2D eigenvalue weighted by molar-refractivity contribution is 5.14. The summed E-state index contributed by atoms with van der Waals surface area (Å²) in [4.78, 5) is 8.25. The molecule has 2 atom stereocenters. The van der Waals surface area contributed by atoms with Crippen LogP contribution in [0.3, 0.4) is 0 Å². The zero-order chi connectivity index (χ0) is 17.8. The Kier molecular flexibility index (Phi) is 6.29. The number of hydrogen-bond acceptors (Lipinski definition) is 3. The lowest BCUT2D eigenvalue weighted by Gasteiger charge is -2.45. The van der Waals surface area contributed by atoms with Crippen LogP contribution in [0, 0.1) is 5.92 Å². The summed E-state index contributed by atoms with van der Waals surface area (Å²) in [5.74, 6) is 0.948. The van der Waals surface area contributed by atoms with Gasteiger partial charge in [0, 0.05) is 44.8 Å². The van der Waals surface area contributed by atoms with Crippen LogP contribution in [0.4, 0.5) is 0 Å². The van der Waals surface area contributed by atoms with Gasteiger partial charge in [-0.2, -0.15) is 0 Å². The summed E-state index contributed by atoms with van der Waals surface area (Å²) < 4.78 is 0. The predicted octanol–water partition coefficient (Wildman–Crippen LogP) is 3.85. The Morgan fingerprint density at radius 3 is 2.15 bits per heavy atom. The first-order valence-electron chi connectivity index (χ1n) is 11.0. The molecule has 3 nitrogen and oxygen atoms in total. The van der Waals surface area contributed by atoms with Gasteiger partial charge in [-0.1, -0.05) is 50.1 Å². The Bertz CT molecular complexity index is 530. The van der Waals surface area contributed by atoms with E-state index in [9.17, 15) is 0 Å². The van der Waals surface area contributed by atoms with E-state index >= 15 is 0 Å². The van der Waals surface area contributed by atoms with Crippen LogP contribution in [-0.4, -0.2) is 66.1 Å². The number of piperidine rings is 1. The molecule has 0 unspecified atom stereocenters. The van der Waals surface area contributed by atoms with Gasteiger partial charge in [0.05, 0.1) is 0 Å². The minimum atomic E-state index is 0.839. The Labute approximate surface area is 160 Å². The molecule has 0 amide bonds. The van der Waals surface area contributed by atoms with Gasteiger partial charge >= 0.3 is 0 Å². The lowest BCUT2D eigenvalue weighted by atomic mass is 9.85. The number of likely N-dealkylation sites (tertiary alicyclic amines) is 1. The predicted molar refractivity (Wildman–Crippen MR) is 109 cm³/mol. The summed E-state index contributed by atoms with van der Waals surface area (Å²) in [7, 11) is 0. The first-order valence-corrected chi connectivity index (χ1v) is 11.0. The molecule has 3 aliphatic rings. The fraction of sp³-hybridized carbons (Fsp3) is 0.739. The minimum absolute atomic E-state index is 0.839. The van der Waals surface area contributed by atoms with E-state index in [0.29, 0.717) is 0 Å². The minimum Gasteiger partial charge on any atom is -0.300 e. The molecule has 2 saturated heterocycles. The molecular formula is C23H37N3. The van der Waals surface area contributed by atoms with Crippen molar-refractivity contribution in [2.75, 3.05) is 39.3 Å². The van der Waals surface area contributed by atoms with E-state index < -0.39 is 0 Å². The maximum absolute atomic E-state index is 2.83. The lowest BCUT2D eigenvalue weighted by Crippen LogP contribution is -2.54.